The highest BCUT2D eigenvalue weighted by atomic mass is 16.5. The van der Waals surface area contributed by atoms with E-state index in [-0.39, 0.29) is 12.3 Å². The van der Waals surface area contributed by atoms with Crippen LogP contribution < -0.4 is 5.32 Å². The van der Waals surface area contributed by atoms with Gasteiger partial charge in [0.15, 0.2) is 5.82 Å². The molecule has 0 saturated carbocycles. The number of amides is 1. The van der Waals surface area contributed by atoms with E-state index < -0.39 is 0 Å². The zero-order valence-corrected chi connectivity index (χ0v) is 13.8. The van der Waals surface area contributed by atoms with Gasteiger partial charge in [-0.25, -0.2) is 0 Å². The fourth-order valence-electron chi connectivity index (χ4n) is 2.23. The van der Waals surface area contributed by atoms with Crippen molar-refractivity contribution < 1.29 is 9.32 Å². The van der Waals surface area contributed by atoms with Crippen molar-refractivity contribution in [2.24, 2.45) is 0 Å². The molecule has 0 spiro atoms. The van der Waals surface area contributed by atoms with Crippen molar-refractivity contribution >= 4 is 11.6 Å². The first kappa shape index (κ1) is 16.5. The minimum absolute atomic E-state index is 0.107. The van der Waals surface area contributed by atoms with Crippen LogP contribution in [0.3, 0.4) is 0 Å². The van der Waals surface area contributed by atoms with Crippen LogP contribution in [0.4, 0.5) is 5.69 Å². The number of hydrogen-bond donors (Lipinski definition) is 1. The van der Waals surface area contributed by atoms with E-state index >= 15 is 0 Å². The number of aromatic nitrogens is 2. The largest absolute Gasteiger partial charge is 0.339 e. The molecule has 0 radical (unpaired) electrons. The summed E-state index contributed by atoms with van der Waals surface area (Å²) in [5.41, 5.74) is 2.51. The van der Waals surface area contributed by atoms with Gasteiger partial charge in [-0.05, 0) is 37.3 Å². The van der Waals surface area contributed by atoms with Crippen molar-refractivity contribution in [2.45, 2.75) is 19.8 Å². The topological polar surface area (TPSA) is 68.0 Å². The first-order valence-electron chi connectivity index (χ1n) is 7.95. The predicted molar refractivity (Wildman–Crippen MR) is 94.8 cm³/mol. The summed E-state index contributed by atoms with van der Waals surface area (Å²) in [4.78, 5) is 16.1. The lowest BCUT2D eigenvalue weighted by Gasteiger charge is -2.04. The van der Waals surface area contributed by atoms with E-state index in [9.17, 15) is 4.79 Å². The van der Waals surface area contributed by atoms with Gasteiger partial charge in [-0.15, -0.1) is 0 Å². The molecule has 1 amide bonds. The summed E-state index contributed by atoms with van der Waals surface area (Å²) >= 11 is 0. The molecule has 1 heterocycles. The number of benzene rings is 2. The monoisotopic (exact) mass is 331 g/mol. The average molecular weight is 331 g/mol. The summed E-state index contributed by atoms with van der Waals surface area (Å²) in [6.07, 6.45) is 0.696. The van der Waals surface area contributed by atoms with Crippen LogP contribution in [0.2, 0.25) is 0 Å². The van der Waals surface area contributed by atoms with Crippen molar-refractivity contribution in [2.75, 3.05) is 5.32 Å². The molecule has 1 aromatic heterocycles. The lowest BCUT2D eigenvalue weighted by Crippen LogP contribution is -2.12. The van der Waals surface area contributed by atoms with Gasteiger partial charge in [0.05, 0.1) is 0 Å². The Morgan fingerprint density at radius 1 is 1.08 bits per heavy atom. The summed E-state index contributed by atoms with van der Waals surface area (Å²) in [5, 5.41) is 6.56. The van der Waals surface area contributed by atoms with Gasteiger partial charge >= 0.3 is 0 Å². The highest BCUT2D eigenvalue weighted by Gasteiger charge is 2.07. The molecule has 0 bridgehead atoms. The van der Waals surface area contributed by atoms with E-state index in [2.05, 4.69) is 27.3 Å². The molecule has 0 fully saturated rings. The average Bonchev–Trinajstić information content (AvgIpc) is 3.05. The number of carbonyl (C=O) groups is 1. The van der Waals surface area contributed by atoms with Crippen molar-refractivity contribution in [3.8, 4) is 11.8 Å². The van der Waals surface area contributed by atoms with E-state index in [4.69, 9.17) is 4.52 Å². The first-order chi connectivity index (χ1) is 12.2. The van der Waals surface area contributed by atoms with Gasteiger partial charge in [-0.3, -0.25) is 4.79 Å². The lowest BCUT2D eigenvalue weighted by molar-refractivity contribution is -0.116. The Balaban J connectivity index is 1.59. The smallest absolute Gasteiger partial charge is 0.227 e. The zero-order chi connectivity index (χ0) is 17.5. The molecule has 0 aliphatic heterocycles. The second-order valence-corrected chi connectivity index (χ2v) is 5.48. The van der Waals surface area contributed by atoms with Crippen LogP contribution in [0.15, 0.2) is 59.1 Å². The summed E-state index contributed by atoms with van der Waals surface area (Å²) in [6, 6.07) is 17.2. The van der Waals surface area contributed by atoms with Gasteiger partial charge in [-0.1, -0.05) is 41.3 Å². The molecule has 0 atom stereocenters. The Morgan fingerprint density at radius 2 is 1.84 bits per heavy atom. The Morgan fingerprint density at radius 3 is 2.60 bits per heavy atom. The van der Waals surface area contributed by atoms with Crippen LogP contribution in [0.25, 0.3) is 0 Å². The molecule has 124 valence electrons. The SMILES string of the molecule is Cc1noc(CCC(=O)Nc2cccc(C#Cc3ccccc3)c2)n1. The molecule has 2 aromatic carbocycles. The molecule has 5 nitrogen and oxygen atoms in total. The number of anilines is 1. The Labute approximate surface area is 146 Å². The number of hydrogen-bond acceptors (Lipinski definition) is 4. The van der Waals surface area contributed by atoms with Gasteiger partial charge in [-0.2, -0.15) is 4.98 Å². The molecule has 0 aliphatic rings. The molecule has 0 unspecified atom stereocenters. The molecule has 1 N–H and O–H groups in total. The third-order valence-corrected chi connectivity index (χ3v) is 3.41. The summed E-state index contributed by atoms with van der Waals surface area (Å²) in [5.74, 6) is 7.13. The van der Waals surface area contributed by atoms with Gasteiger partial charge in [0.1, 0.15) is 0 Å². The number of rotatable bonds is 4. The molecular weight excluding hydrogens is 314 g/mol. The molecule has 3 aromatic rings. The molecule has 3 rings (SSSR count). The summed E-state index contributed by atoms with van der Waals surface area (Å²) < 4.78 is 5.00. The van der Waals surface area contributed by atoms with Gasteiger partial charge in [0, 0.05) is 29.7 Å². The highest BCUT2D eigenvalue weighted by molar-refractivity contribution is 5.90. The fraction of sp³-hybridized carbons (Fsp3) is 0.150. The maximum Gasteiger partial charge on any atom is 0.227 e. The van der Waals surface area contributed by atoms with E-state index in [1.807, 2.05) is 54.6 Å². The van der Waals surface area contributed by atoms with Gasteiger partial charge < -0.3 is 9.84 Å². The van der Waals surface area contributed by atoms with Crippen molar-refractivity contribution in [3.05, 3.63) is 77.4 Å². The predicted octanol–water partition coefficient (Wildman–Crippen LogP) is 3.35. The number of carbonyl (C=O) groups excluding carboxylic acids is 1. The molecular formula is C20H17N3O2. The van der Waals surface area contributed by atoms with Gasteiger partial charge in [0.2, 0.25) is 11.8 Å². The summed E-state index contributed by atoms with van der Waals surface area (Å²) in [7, 11) is 0. The van der Waals surface area contributed by atoms with Crippen molar-refractivity contribution in [1.82, 2.24) is 10.1 Å². The number of nitrogens with one attached hydrogen (secondary N) is 1. The fourth-order valence-corrected chi connectivity index (χ4v) is 2.23. The molecule has 5 heteroatoms. The summed E-state index contributed by atoms with van der Waals surface area (Å²) in [6.45, 7) is 1.75. The minimum atomic E-state index is -0.107. The Kier molecular flexibility index (Phi) is 5.22. The number of nitrogens with zero attached hydrogens (tertiary/aromatic N) is 2. The first-order valence-corrected chi connectivity index (χ1v) is 7.95. The van der Waals surface area contributed by atoms with Crippen LogP contribution in [0, 0.1) is 18.8 Å². The number of aryl methyl sites for hydroxylation is 2. The van der Waals surface area contributed by atoms with Crippen molar-refractivity contribution in [3.63, 3.8) is 0 Å². The molecule has 0 aliphatic carbocycles. The second kappa shape index (κ2) is 7.93. The molecule has 0 saturated heterocycles. The minimum Gasteiger partial charge on any atom is -0.339 e. The standard InChI is InChI=1S/C20H17N3O2/c1-15-21-20(25-23-15)13-12-19(24)22-18-9-5-8-17(14-18)11-10-16-6-3-2-4-7-16/h2-9,14H,12-13H2,1H3,(H,22,24). The van der Waals surface area contributed by atoms with Gasteiger partial charge in [0.25, 0.3) is 0 Å². The quantitative estimate of drug-likeness (QED) is 0.745. The zero-order valence-electron chi connectivity index (χ0n) is 13.8. The van der Waals surface area contributed by atoms with E-state index in [0.29, 0.717) is 23.8 Å². The Bertz CT molecular complexity index is 921. The van der Waals surface area contributed by atoms with Crippen LogP contribution >= 0.6 is 0 Å². The third-order valence-electron chi connectivity index (χ3n) is 3.41. The van der Waals surface area contributed by atoms with Crippen LogP contribution in [-0.4, -0.2) is 16.0 Å². The van der Waals surface area contributed by atoms with Crippen molar-refractivity contribution in [1.29, 1.82) is 0 Å². The van der Waals surface area contributed by atoms with Crippen LogP contribution in [0.1, 0.15) is 29.3 Å². The van der Waals surface area contributed by atoms with E-state index in [1.54, 1.807) is 6.92 Å². The maximum absolute atomic E-state index is 12.0. The van der Waals surface area contributed by atoms with E-state index in [0.717, 1.165) is 11.1 Å². The normalized spacial score (nSPS) is 9.96. The second-order valence-electron chi connectivity index (χ2n) is 5.48. The highest BCUT2D eigenvalue weighted by Crippen LogP contribution is 2.11. The third kappa shape index (κ3) is 5.05. The van der Waals surface area contributed by atoms with Crippen LogP contribution in [0.5, 0.6) is 0 Å². The maximum atomic E-state index is 12.0. The molecule has 25 heavy (non-hydrogen) atoms. The Hall–Kier alpha value is -3.39. The van der Waals surface area contributed by atoms with Crippen LogP contribution in [-0.2, 0) is 11.2 Å². The lowest BCUT2D eigenvalue weighted by atomic mass is 10.1. The van der Waals surface area contributed by atoms with E-state index in [1.165, 1.54) is 0 Å².